The maximum atomic E-state index is 13.4. The average molecular weight is 514 g/mol. The lowest BCUT2D eigenvalue weighted by atomic mass is 9.98. The van der Waals surface area contributed by atoms with Crippen LogP contribution in [0.25, 0.3) is 16.0 Å². The van der Waals surface area contributed by atoms with E-state index in [-0.39, 0.29) is 17.4 Å². The number of pyridine rings is 1. The molecule has 0 aliphatic carbocycles. The number of anilines is 1. The Balaban J connectivity index is 1.67. The van der Waals surface area contributed by atoms with Crippen LogP contribution in [0, 0.1) is 0 Å². The van der Waals surface area contributed by atoms with Gasteiger partial charge in [0, 0.05) is 11.8 Å². The third-order valence-electron chi connectivity index (χ3n) is 6.17. The van der Waals surface area contributed by atoms with E-state index < -0.39 is 17.7 Å². The summed E-state index contributed by atoms with van der Waals surface area (Å²) in [6.07, 6.45) is 1.53. The van der Waals surface area contributed by atoms with Gasteiger partial charge in [-0.2, -0.15) is 0 Å². The van der Waals surface area contributed by atoms with Crippen molar-refractivity contribution in [2.24, 2.45) is 0 Å². The number of hydrogen-bond donors (Lipinski definition) is 1. The van der Waals surface area contributed by atoms with Crippen LogP contribution in [-0.2, 0) is 9.59 Å². The predicted octanol–water partition coefficient (Wildman–Crippen LogP) is 6.23. The van der Waals surface area contributed by atoms with E-state index in [1.54, 1.807) is 48.7 Å². The molecule has 1 fully saturated rings. The van der Waals surface area contributed by atoms with Crippen molar-refractivity contribution in [1.29, 1.82) is 0 Å². The van der Waals surface area contributed by atoms with E-state index in [1.807, 2.05) is 26.0 Å². The molecule has 3 heterocycles. The average Bonchev–Trinajstić information content (AvgIpc) is 3.41. The summed E-state index contributed by atoms with van der Waals surface area (Å²) in [4.78, 5) is 37.3. The van der Waals surface area contributed by atoms with Crippen molar-refractivity contribution in [2.75, 3.05) is 4.90 Å². The molecule has 2 aromatic carbocycles. The van der Waals surface area contributed by atoms with Gasteiger partial charge in [0.15, 0.2) is 5.13 Å². The van der Waals surface area contributed by atoms with Gasteiger partial charge in [-0.05, 0) is 61.7 Å². The van der Waals surface area contributed by atoms with Crippen LogP contribution in [0.2, 0.25) is 0 Å². The Bertz CT molecular complexity index is 1520. The number of Topliss-reactive ketones (excluding diaryl/α,β-unsaturated/α-hetero) is 1. The van der Waals surface area contributed by atoms with E-state index in [9.17, 15) is 14.7 Å². The van der Waals surface area contributed by atoms with Crippen LogP contribution >= 0.6 is 11.3 Å². The summed E-state index contributed by atoms with van der Waals surface area (Å²) >= 11 is 1.34. The Morgan fingerprint density at radius 1 is 1.03 bits per heavy atom. The smallest absolute Gasteiger partial charge is 0.301 e. The number of fused-ring (bicyclic) bond motifs is 1. The molecule has 37 heavy (non-hydrogen) atoms. The molecule has 1 atom stereocenters. The molecule has 1 unspecified atom stereocenters. The largest absolute Gasteiger partial charge is 0.507 e. The number of benzene rings is 2. The molecule has 1 saturated heterocycles. The van der Waals surface area contributed by atoms with E-state index in [0.29, 0.717) is 28.1 Å². The van der Waals surface area contributed by atoms with Gasteiger partial charge in [0.05, 0.1) is 27.6 Å². The molecule has 0 saturated carbocycles. The second-order valence-electron chi connectivity index (χ2n) is 9.50. The summed E-state index contributed by atoms with van der Waals surface area (Å²) in [6, 6.07) is 17.2. The van der Waals surface area contributed by atoms with Crippen molar-refractivity contribution in [2.45, 2.75) is 45.8 Å². The van der Waals surface area contributed by atoms with E-state index in [0.717, 1.165) is 15.8 Å². The van der Waals surface area contributed by atoms with Gasteiger partial charge in [0.2, 0.25) is 0 Å². The van der Waals surface area contributed by atoms with Crippen LogP contribution in [0.4, 0.5) is 5.13 Å². The number of ether oxygens (including phenoxy) is 1. The highest BCUT2D eigenvalue weighted by Gasteiger charge is 2.48. The number of ketones is 1. The standard InChI is InChI=1S/C29H27N3O4S/c1-16(2)18-11-12-21-23(15-18)37-29(31-21)32-25(22-10-5-6-13-30-22)24(27(34)28(32)35)26(33)19-8-7-9-20(14-19)36-17(3)4/h5-17,25,33H,1-4H3/b26-24+. The third kappa shape index (κ3) is 4.60. The van der Waals surface area contributed by atoms with Gasteiger partial charge in [-0.3, -0.25) is 19.5 Å². The van der Waals surface area contributed by atoms with Crippen LogP contribution in [0.5, 0.6) is 5.75 Å². The van der Waals surface area contributed by atoms with Crippen LogP contribution in [-0.4, -0.2) is 32.9 Å². The van der Waals surface area contributed by atoms with Crippen molar-refractivity contribution < 1.29 is 19.4 Å². The summed E-state index contributed by atoms with van der Waals surface area (Å²) in [5.41, 5.74) is 2.70. The van der Waals surface area contributed by atoms with Gasteiger partial charge in [0.25, 0.3) is 5.78 Å². The Labute approximate surface area is 219 Å². The zero-order valence-corrected chi connectivity index (χ0v) is 21.8. The zero-order valence-electron chi connectivity index (χ0n) is 21.0. The molecular formula is C29H27N3O4S. The first-order valence-electron chi connectivity index (χ1n) is 12.1. The third-order valence-corrected chi connectivity index (χ3v) is 7.18. The summed E-state index contributed by atoms with van der Waals surface area (Å²) < 4.78 is 6.68. The predicted molar refractivity (Wildman–Crippen MR) is 145 cm³/mol. The molecule has 4 aromatic rings. The molecule has 1 amide bonds. The fourth-order valence-corrected chi connectivity index (χ4v) is 5.42. The second kappa shape index (κ2) is 9.78. The number of aliphatic hydroxyl groups excluding tert-OH is 1. The van der Waals surface area contributed by atoms with Gasteiger partial charge in [-0.15, -0.1) is 0 Å². The van der Waals surface area contributed by atoms with Gasteiger partial charge >= 0.3 is 5.91 Å². The van der Waals surface area contributed by atoms with Gasteiger partial charge in [-0.1, -0.05) is 49.4 Å². The number of amides is 1. The minimum absolute atomic E-state index is 0.0347. The zero-order chi connectivity index (χ0) is 26.3. The highest BCUT2D eigenvalue weighted by atomic mass is 32.1. The summed E-state index contributed by atoms with van der Waals surface area (Å²) in [5.74, 6) is -0.933. The van der Waals surface area contributed by atoms with Gasteiger partial charge in [-0.25, -0.2) is 4.98 Å². The first-order chi connectivity index (χ1) is 17.7. The molecule has 5 rings (SSSR count). The molecule has 1 aliphatic rings. The Hall–Kier alpha value is -4.04. The highest BCUT2D eigenvalue weighted by molar-refractivity contribution is 7.22. The number of thiazole rings is 1. The fourth-order valence-electron chi connectivity index (χ4n) is 4.38. The molecule has 1 aliphatic heterocycles. The van der Waals surface area contributed by atoms with Crippen LogP contribution in [0.3, 0.4) is 0 Å². The van der Waals surface area contributed by atoms with Crippen LogP contribution < -0.4 is 9.64 Å². The van der Waals surface area contributed by atoms with Crippen molar-refractivity contribution in [3.63, 3.8) is 0 Å². The number of carbonyl (C=O) groups is 2. The minimum Gasteiger partial charge on any atom is -0.507 e. The van der Waals surface area contributed by atoms with Crippen molar-refractivity contribution in [1.82, 2.24) is 9.97 Å². The SMILES string of the molecule is CC(C)Oc1cccc(/C(O)=C2\C(=O)C(=O)N(c3nc4ccc(C(C)C)cc4s3)C2c2ccccn2)c1. The molecule has 2 aromatic heterocycles. The van der Waals surface area contributed by atoms with Crippen molar-refractivity contribution in [3.8, 4) is 5.75 Å². The first-order valence-corrected chi connectivity index (χ1v) is 13.0. The monoisotopic (exact) mass is 513 g/mol. The number of aliphatic hydroxyl groups is 1. The fraction of sp³-hybridized carbons (Fsp3) is 0.241. The van der Waals surface area contributed by atoms with Gasteiger partial charge < -0.3 is 9.84 Å². The molecule has 188 valence electrons. The second-order valence-corrected chi connectivity index (χ2v) is 10.5. The number of hydrogen-bond acceptors (Lipinski definition) is 7. The lowest BCUT2D eigenvalue weighted by Gasteiger charge is -2.22. The maximum absolute atomic E-state index is 13.4. The van der Waals surface area contributed by atoms with Gasteiger partial charge in [0.1, 0.15) is 17.6 Å². The molecule has 0 radical (unpaired) electrons. The van der Waals surface area contributed by atoms with Crippen molar-refractivity contribution >= 4 is 44.1 Å². The number of carbonyl (C=O) groups excluding carboxylic acids is 2. The Morgan fingerprint density at radius 3 is 2.54 bits per heavy atom. The Kier molecular flexibility index (Phi) is 6.52. The van der Waals surface area contributed by atoms with E-state index in [2.05, 4.69) is 29.9 Å². The molecular weight excluding hydrogens is 486 g/mol. The highest BCUT2D eigenvalue weighted by Crippen LogP contribution is 2.44. The molecule has 1 N–H and O–H groups in total. The molecule has 8 heteroatoms. The normalized spacial score (nSPS) is 17.4. The molecule has 7 nitrogen and oxygen atoms in total. The van der Waals surface area contributed by atoms with Crippen LogP contribution in [0.15, 0.2) is 72.4 Å². The number of aromatic nitrogens is 2. The number of rotatable bonds is 6. The van der Waals surface area contributed by atoms with Crippen molar-refractivity contribution in [3.05, 3.63) is 89.3 Å². The number of nitrogens with zero attached hydrogens (tertiary/aromatic N) is 3. The molecule has 0 bridgehead atoms. The quantitative estimate of drug-likeness (QED) is 0.187. The lowest BCUT2D eigenvalue weighted by molar-refractivity contribution is -0.132. The topological polar surface area (TPSA) is 92.6 Å². The van der Waals surface area contributed by atoms with Crippen LogP contribution in [0.1, 0.15) is 56.5 Å². The first kappa shape index (κ1) is 24.6. The molecule has 0 spiro atoms. The summed E-state index contributed by atoms with van der Waals surface area (Å²) in [6.45, 7) is 8.04. The van der Waals surface area contributed by atoms with E-state index in [1.165, 1.54) is 16.2 Å². The summed E-state index contributed by atoms with van der Waals surface area (Å²) in [5, 5.41) is 11.8. The lowest BCUT2D eigenvalue weighted by Crippen LogP contribution is -2.29. The maximum Gasteiger partial charge on any atom is 0.301 e. The van der Waals surface area contributed by atoms with E-state index >= 15 is 0 Å². The van der Waals surface area contributed by atoms with E-state index in [4.69, 9.17) is 4.74 Å². The minimum atomic E-state index is -0.930. The Morgan fingerprint density at radius 2 is 1.84 bits per heavy atom. The summed E-state index contributed by atoms with van der Waals surface area (Å²) in [7, 11) is 0.